The van der Waals surface area contributed by atoms with E-state index in [9.17, 15) is 18.0 Å². The van der Waals surface area contributed by atoms with Gasteiger partial charge in [0.25, 0.3) is 5.91 Å². The number of carbonyl (C=O) groups excluding carboxylic acids is 2. The molecule has 3 aromatic rings. The largest absolute Gasteiger partial charge is 0.468 e. The molecule has 35 heavy (non-hydrogen) atoms. The van der Waals surface area contributed by atoms with Crippen molar-refractivity contribution in [2.24, 2.45) is 0 Å². The van der Waals surface area contributed by atoms with Crippen molar-refractivity contribution in [1.29, 1.82) is 0 Å². The van der Waals surface area contributed by atoms with Crippen LogP contribution in [0.4, 0.5) is 5.69 Å². The molecule has 1 N–H and O–H groups in total. The van der Waals surface area contributed by atoms with E-state index in [0.29, 0.717) is 30.0 Å². The smallest absolute Gasteiger partial charge is 0.251 e. The second kappa shape index (κ2) is 9.67. The van der Waals surface area contributed by atoms with Crippen molar-refractivity contribution in [3.8, 4) is 0 Å². The first-order valence-electron chi connectivity index (χ1n) is 11.7. The van der Waals surface area contributed by atoms with E-state index in [1.54, 1.807) is 53.4 Å². The fourth-order valence-corrected chi connectivity index (χ4v) is 5.53. The maximum absolute atomic E-state index is 13.6. The molecule has 1 aliphatic carbocycles. The number of carbonyl (C=O) groups is 2. The van der Waals surface area contributed by atoms with E-state index in [4.69, 9.17) is 4.42 Å². The number of benzene rings is 2. The van der Waals surface area contributed by atoms with Crippen molar-refractivity contribution < 1.29 is 22.4 Å². The lowest BCUT2D eigenvalue weighted by Crippen LogP contribution is -2.30. The summed E-state index contributed by atoms with van der Waals surface area (Å²) in [5.41, 5.74) is 2.00. The molecule has 1 aliphatic heterocycles. The van der Waals surface area contributed by atoms with E-state index in [-0.39, 0.29) is 35.8 Å². The molecule has 2 aliphatic rings. The van der Waals surface area contributed by atoms with Crippen LogP contribution in [0.25, 0.3) is 0 Å². The summed E-state index contributed by atoms with van der Waals surface area (Å²) in [6.07, 6.45) is 4.85. The second-order valence-corrected chi connectivity index (χ2v) is 10.9. The van der Waals surface area contributed by atoms with E-state index < -0.39 is 10.0 Å². The molecule has 1 saturated carbocycles. The van der Waals surface area contributed by atoms with Gasteiger partial charge in [0.15, 0.2) is 0 Å². The predicted octanol–water partition coefficient (Wildman–Crippen LogP) is 3.69. The molecule has 0 bridgehead atoms. The number of hydrogen-bond donors (Lipinski definition) is 1. The van der Waals surface area contributed by atoms with Crippen LogP contribution in [0.3, 0.4) is 0 Å². The van der Waals surface area contributed by atoms with Gasteiger partial charge in [-0.15, -0.1) is 0 Å². The minimum Gasteiger partial charge on any atom is -0.468 e. The van der Waals surface area contributed by atoms with Gasteiger partial charge >= 0.3 is 0 Å². The molecule has 2 heterocycles. The molecule has 2 aromatic carbocycles. The number of nitrogens with zero attached hydrogens (tertiary/aromatic N) is 2. The Bertz CT molecular complexity index is 1300. The van der Waals surface area contributed by atoms with Gasteiger partial charge in [0.2, 0.25) is 15.9 Å². The minimum atomic E-state index is -3.87. The zero-order valence-electron chi connectivity index (χ0n) is 19.2. The Kier molecular flexibility index (Phi) is 6.44. The summed E-state index contributed by atoms with van der Waals surface area (Å²) in [6, 6.07) is 17.1. The van der Waals surface area contributed by atoms with Gasteiger partial charge in [-0.1, -0.05) is 12.1 Å². The van der Waals surface area contributed by atoms with Crippen molar-refractivity contribution in [2.75, 3.05) is 11.4 Å². The monoisotopic (exact) mass is 493 g/mol. The molecule has 8 nitrogen and oxygen atoms in total. The molecule has 0 unspecified atom stereocenters. The summed E-state index contributed by atoms with van der Waals surface area (Å²) >= 11 is 0. The third-order valence-corrected chi connectivity index (χ3v) is 8.07. The Hall–Kier alpha value is -3.43. The van der Waals surface area contributed by atoms with Crippen molar-refractivity contribution in [3.05, 3.63) is 83.8 Å². The van der Waals surface area contributed by atoms with E-state index in [1.165, 1.54) is 22.7 Å². The molecule has 2 amide bonds. The van der Waals surface area contributed by atoms with Crippen molar-refractivity contribution in [2.45, 2.75) is 49.7 Å². The molecule has 1 saturated heterocycles. The highest BCUT2D eigenvalue weighted by molar-refractivity contribution is 7.89. The van der Waals surface area contributed by atoms with E-state index in [1.807, 2.05) is 0 Å². The van der Waals surface area contributed by atoms with Crippen molar-refractivity contribution >= 4 is 27.5 Å². The average molecular weight is 494 g/mol. The highest BCUT2D eigenvalue weighted by Crippen LogP contribution is 2.26. The topological polar surface area (TPSA) is 99.9 Å². The van der Waals surface area contributed by atoms with Gasteiger partial charge in [-0.2, -0.15) is 4.31 Å². The third kappa shape index (κ3) is 5.31. The summed E-state index contributed by atoms with van der Waals surface area (Å²) in [5, 5.41) is 2.95. The second-order valence-electron chi connectivity index (χ2n) is 8.94. The molecule has 0 atom stereocenters. The normalized spacial score (nSPS) is 16.1. The van der Waals surface area contributed by atoms with E-state index in [0.717, 1.165) is 24.8 Å². The number of nitrogens with one attached hydrogen (secondary N) is 1. The fraction of sp³-hybridized carbons (Fsp3) is 0.308. The van der Waals surface area contributed by atoms with Gasteiger partial charge in [0.1, 0.15) is 5.76 Å². The van der Waals surface area contributed by atoms with Crippen LogP contribution in [0.2, 0.25) is 0 Å². The number of hydrogen-bond acceptors (Lipinski definition) is 5. The van der Waals surface area contributed by atoms with Gasteiger partial charge < -0.3 is 14.6 Å². The summed E-state index contributed by atoms with van der Waals surface area (Å²) in [5.74, 6) is 0.457. The molecule has 0 spiro atoms. The van der Waals surface area contributed by atoms with Crippen LogP contribution in [0, 0.1) is 0 Å². The van der Waals surface area contributed by atoms with Crippen LogP contribution in [-0.2, 0) is 27.9 Å². The lowest BCUT2D eigenvalue weighted by Gasteiger charge is -2.22. The summed E-state index contributed by atoms with van der Waals surface area (Å²) in [6.45, 7) is 0.815. The Balaban J connectivity index is 1.36. The van der Waals surface area contributed by atoms with Gasteiger partial charge in [0, 0.05) is 36.8 Å². The Morgan fingerprint density at radius 3 is 2.37 bits per heavy atom. The molecular formula is C26H27N3O5S. The summed E-state index contributed by atoms with van der Waals surface area (Å²) < 4.78 is 34.0. The van der Waals surface area contributed by atoms with Crippen LogP contribution in [-0.4, -0.2) is 37.1 Å². The zero-order valence-corrected chi connectivity index (χ0v) is 20.0. The first-order chi connectivity index (χ1) is 16.9. The van der Waals surface area contributed by atoms with E-state index >= 15 is 0 Å². The zero-order chi connectivity index (χ0) is 24.4. The van der Waals surface area contributed by atoms with Crippen molar-refractivity contribution in [1.82, 2.24) is 9.62 Å². The molecule has 9 heteroatoms. The number of sulfonamides is 1. The molecule has 182 valence electrons. The Morgan fingerprint density at radius 2 is 1.77 bits per heavy atom. The maximum Gasteiger partial charge on any atom is 0.251 e. The minimum absolute atomic E-state index is 0.0503. The molecule has 0 radical (unpaired) electrons. The highest BCUT2D eigenvalue weighted by atomic mass is 32.2. The van der Waals surface area contributed by atoms with Crippen LogP contribution in [0.15, 0.2) is 76.2 Å². The molecule has 2 fully saturated rings. The molecular weight excluding hydrogens is 466 g/mol. The van der Waals surface area contributed by atoms with Crippen LogP contribution in [0.5, 0.6) is 0 Å². The average Bonchev–Trinajstić information content (AvgIpc) is 3.32. The first kappa shape index (κ1) is 23.3. The quantitative estimate of drug-likeness (QED) is 0.490. The lowest BCUT2D eigenvalue weighted by atomic mass is 10.1. The predicted molar refractivity (Wildman–Crippen MR) is 130 cm³/mol. The number of furan rings is 1. The van der Waals surface area contributed by atoms with Crippen molar-refractivity contribution in [3.63, 3.8) is 0 Å². The molecule has 1 aromatic heterocycles. The fourth-order valence-electron chi connectivity index (χ4n) is 4.13. The van der Waals surface area contributed by atoms with Crippen LogP contribution < -0.4 is 10.2 Å². The first-order valence-corrected chi connectivity index (χ1v) is 13.2. The number of rotatable bonds is 9. The van der Waals surface area contributed by atoms with Gasteiger partial charge in [0.05, 0.1) is 17.7 Å². The standard InChI is InChI=1S/C26H27N3O5S/c30-25-4-1-15-29(25)22-11-13-24(14-12-22)35(32,33)28(18-23-3-2-16-34-23)17-19-5-7-20(8-6-19)26(31)27-21-9-10-21/h2-3,5-8,11-14,16,21H,1,4,9-10,15,17-18H2,(H,27,31). The Labute approximate surface area is 204 Å². The van der Waals surface area contributed by atoms with Crippen LogP contribution in [0.1, 0.15) is 47.4 Å². The van der Waals surface area contributed by atoms with Crippen LogP contribution >= 0.6 is 0 Å². The maximum atomic E-state index is 13.6. The summed E-state index contributed by atoms with van der Waals surface area (Å²) in [7, 11) is -3.87. The van der Waals surface area contributed by atoms with E-state index in [2.05, 4.69) is 5.32 Å². The lowest BCUT2D eigenvalue weighted by molar-refractivity contribution is -0.117. The Morgan fingerprint density at radius 1 is 1.03 bits per heavy atom. The third-order valence-electron chi connectivity index (χ3n) is 6.26. The molecule has 5 rings (SSSR count). The SMILES string of the molecule is O=C(NC1CC1)c1ccc(CN(Cc2ccco2)S(=O)(=O)c2ccc(N3CCCC3=O)cc2)cc1. The highest BCUT2D eigenvalue weighted by Gasteiger charge is 2.28. The van der Waals surface area contributed by atoms with Gasteiger partial charge in [-0.3, -0.25) is 9.59 Å². The number of anilines is 1. The number of amides is 2. The summed E-state index contributed by atoms with van der Waals surface area (Å²) in [4.78, 5) is 26.1. The van der Waals surface area contributed by atoms with Gasteiger partial charge in [-0.25, -0.2) is 8.42 Å². The van der Waals surface area contributed by atoms with Gasteiger partial charge in [-0.05, 0) is 73.4 Å².